The number of nitrogens with one attached hydrogen (secondary N) is 1. The van der Waals surface area contributed by atoms with E-state index >= 15 is 0 Å². The monoisotopic (exact) mass is 405 g/mol. The fraction of sp³-hybridized carbons (Fsp3) is 0.417. The number of carbonyl (C=O) groups excluding carboxylic acids is 1. The maximum Gasteiger partial charge on any atom is 0.411 e. The van der Waals surface area contributed by atoms with Gasteiger partial charge in [0, 0.05) is 12.1 Å². The van der Waals surface area contributed by atoms with Crippen molar-refractivity contribution in [2.45, 2.75) is 63.3 Å². The minimum atomic E-state index is -0.580. The SMILES string of the molecule is CC1(C)OC(=O)N([C@H]2CC[C@H](n3c(=O)[nH]c4ccccc43)CC2)C1c1ccccc1. The first-order valence-corrected chi connectivity index (χ1v) is 10.7. The molecule has 0 radical (unpaired) electrons. The van der Waals surface area contributed by atoms with Gasteiger partial charge in [-0.15, -0.1) is 0 Å². The molecule has 1 saturated carbocycles. The standard InChI is InChI=1S/C24H27N3O3/c1-24(2)21(16-8-4-3-5-9-16)27(23(29)30-24)18-14-12-17(13-15-18)26-20-11-7-6-10-19(20)25-22(26)28/h3-11,17-18,21H,12-15H2,1-2H3,(H,25,28)/t17-,18-,21?. The lowest BCUT2D eigenvalue weighted by Gasteiger charge is -2.38. The number of imidazole rings is 1. The van der Waals surface area contributed by atoms with Gasteiger partial charge in [-0.05, 0) is 57.2 Å². The van der Waals surface area contributed by atoms with Crippen molar-refractivity contribution >= 4 is 17.1 Å². The molecule has 2 aromatic carbocycles. The molecule has 2 fully saturated rings. The second-order valence-electron chi connectivity index (χ2n) is 8.97. The average Bonchev–Trinajstić information content (AvgIpc) is 3.20. The van der Waals surface area contributed by atoms with Crippen LogP contribution < -0.4 is 5.69 Å². The van der Waals surface area contributed by atoms with Crippen LogP contribution in [0.3, 0.4) is 0 Å². The van der Waals surface area contributed by atoms with Gasteiger partial charge in [0.2, 0.25) is 0 Å². The first kappa shape index (κ1) is 19.0. The predicted octanol–water partition coefficient (Wildman–Crippen LogP) is 4.79. The number of aromatic nitrogens is 2. The third kappa shape index (κ3) is 3.02. The van der Waals surface area contributed by atoms with Crippen molar-refractivity contribution in [3.63, 3.8) is 0 Å². The fourth-order valence-corrected chi connectivity index (χ4v) is 5.36. The summed E-state index contributed by atoms with van der Waals surface area (Å²) in [6.45, 7) is 3.97. The van der Waals surface area contributed by atoms with Gasteiger partial charge in [0.05, 0.1) is 17.1 Å². The highest BCUT2D eigenvalue weighted by Gasteiger charge is 2.51. The van der Waals surface area contributed by atoms with Crippen molar-refractivity contribution in [1.82, 2.24) is 14.5 Å². The fourth-order valence-electron chi connectivity index (χ4n) is 5.36. The van der Waals surface area contributed by atoms with E-state index in [0.717, 1.165) is 42.3 Å². The molecule has 3 aromatic rings. The Morgan fingerprint density at radius 1 is 0.900 bits per heavy atom. The number of cyclic esters (lactones) is 1. The zero-order chi connectivity index (χ0) is 20.9. The van der Waals surface area contributed by atoms with E-state index in [-0.39, 0.29) is 29.9 Å². The molecule has 5 rings (SSSR count). The van der Waals surface area contributed by atoms with Crippen molar-refractivity contribution in [1.29, 1.82) is 0 Å². The first-order valence-electron chi connectivity index (χ1n) is 10.7. The lowest BCUT2D eigenvalue weighted by molar-refractivity contribution is 0.0662. The Morgan fingerprint density at radius 2 is 1.53 bits per heavy atom. The molecule has 6 nitrogen and oxygen atoms in total. The van der Waals surface area contributed by atoms with Crippen LogP contribution in [0.2, 0.25) is 0 Å². The Hall–Kier alpha value is -3.02. The van der Waals surface area contributed by atoms with Crippen LogP contribution in [0.25, 0.3) is 11.0 Å². The molecule has 0 spiro atoms. The molecule has 1 N–H and O–H groups in total. The van der Waals surface area contributed by atoms with Crippen molar-refractivity contribution in [3.05, 3.63) is 70.6 Å². The maximum absolute atomic E-state index is 12.9. The lowest BCUT2D eigenvalue weighted by atomic mass is 9.86. The third-order valence-electron chi connectivity index (χ3n) is 6.66. The average molecular weight is 405 g/mol. The van der Waals surface area contributed by atoms with Crippen LogP contribution in [-0.2, 0) is 4.74 Å². The second kappa shape index (κ2) is 7.04. The molecular weight excluding hydrogens is 378 g/mol. The summed E-state index contributed by atoms with van der Waals surface area (Å²) >= 11 is 0. The lowest BCUT2D eigenvalue weighted by Crippen LogP contribution is -2.43. The number of benzene rings is 2. The van der Waals surface area contributed by atoms with Crippen LogP contribution in [0.15, 0.2) is 59.4 Å². The van der Waals surface area contributed by atoms with E-state index in [0.29, 0.717) is 0 Å². The summed E-state index contributed by atoms with van der Waals surface area (Å²) in [6, 6.07) is 18.1. The van der Waals surface area contributed by atoms with Gasteiger partial charge in [-0.1, -0.05) is 42.5 Å². The van der Waals surface area contributed by atoms with E-state index < -0.39 is 5.60 Å². The zero-order valence-electron chi connectivity index (χ0n) is 17.4. The second-order valence-corrected chi connectivity index (χ2v) is 8.97. The van der Waals surface area contributed by atoms with Crippen LogP contribution in [0, 0.1) is 0 Å². The van der Waals surface area contributed by atoms with Gasteiger partial charge >= 0.3 is 11.8 Å². The minimum Gasteiger partial charge on any atom is -0.441 e. The molecule has 1 unspecified atom stereocenters. The summed E-state index contributed by atoms with van der Waals surface area (Å²) < 4.78 is 7.68. The molecule has 1 aromatic heterocycles. The van der Waals surface area contributed by atoms with Crippen LogP contribution in [0.1, 0.15) is 57.2 Å². The van der Waals surface area contributed by atoms with Gasteiger partial charge in [-0.3, -0.25) is 9.47 Å². The number of carbonyl (C=O) groups is 1. The van der Waals surface area contributed by atoms with Gasteiger partial charge < -0.3 is 9.72 Å². The summed E-state index contributed by atoms with van der Waals surface area (Å²) in [5, 5.41) is 0. The van der Waals surface area contributed by atoms with E-state index in [9.17, 15) is 9.59 Å². The van der Waals surface area contributed by atoms with Crippen LogP contribution in [0.4, 0.5) is 4.79 Å². The number of hydrogen-bond acceptors (Lipinski definition) is 3. The Morgan fingerprint density at radius 3 is 2.27 bits per heavy atom. The molecule has 1 atom stereocenters. The highest BCUT2D eigenvalue weighted by Crippen LogP contribution is 2.45. The van der Waals surface area contributed by atoms with E-state index in [1.54, 1.807) is 0 Å². The molecule has 2 heterocycles. The third-order valence-corrected chi connectivity index (χ3v) is 6.66. The van der Waals surface area contributed by atoms with Crippen LogP contribution in [-0.4, -0.2) is 32.2 Å². The van der Waals surface area contributed by atoms with Gasteiger partial charge in [-0.25, -0.2) is 9.59 Å². The first-order chi connectivity index (χ1) is 14.5. The summed E-state index contributed by atoms with van der Waals surface area (Å²) in [5.74, 6) is 0. The van der Waals surface area contributed by atoms with Gasteiger partial charge in [0.1, 0.15) is 5.60 Å². The van der Waals surface area contributed by atoms with Crippen LogP contribution >= 0.6 is 0 Å². The number of nitrogens with zero attached hydrogens (tertiary/aromatic N) is 2. The Balaban J connectivity index is 1.40. The Bertz CT molecular complexity index is 1120. The molecule has 1 amide bonds. The summed E-state index contributed by atoms with van der Waals surface area (Å²) in [6.07, 6.45) is 3.19. The van der Waals surface area contributed by atoms with Gasteiger partial charge in [0.15, 0.2) is 0 Å². The largest absolute Gasteiger partial charge is 0.441 e. The maximum atomic E-state index is 12.9. The summed E-state index contributed by atoms with van der Waals surface area (Å²) in [5.41, 5.74) is 2.29. The number of rotatable bonds is 3. The smallest absolute Gasteiger partial charge is 0.411 e. The van der Waals surface area contributed by atoms with Crippen molar-refractivity contribution in [2.75, 3.05) is 0 Å². The molecule has 30 heavy (non-hydrogen) atoms. The van der Waals surface area contributed by atoms with E-state index in [4.69, 9.17) is 4.74 Å². The topological polar surface area (TPSA) is 67.3 Å². The number of fused-ring (bicyclic) bond motifs is 1. The number of para-hydroxylation sites is 2. The van der Waals surface area contributed by atoms with E-state index in [2.05, 4.69) is 17.1 Å². The zero-order valence-corrected chi connectivity index (χ0v) is 17.4. The summed E-state index contributed by atoms with van der Waals surface area (Å²) in [4.78, 5) is 30.3. The Kier molecular flexibility index (Phi) is 4.45. The number of ether oxygens (including phenoxy) is 1. The quantitative estimate of drug-likeness (QED) is 0.682. The minimum absolute atomic E-state index is 0.0523. The number of amides is 1. The highest BCUT2D eigenvalue weighted by molar-refractivity contribution is 5.75. The predicted molar refractivity (Wildman–Crippen MR) is 115 cm³/mol. The van der Waals surface area contributed by atoms with Crippen LogP contribution in [0.5, 0.6) is 0 Å². The van der Waals surface area contributed by atoms with Gasteiger partial charge in [0.25, 0.3) is 0 Å². The molecular formula is C24H27N3O3. The molecule has 1 saturated heterocycles. The van der Waals surface area contributed by atoms with E-state index in [1.807, 2.05) is 65.8 Å². The molecule has 156 valence electrons. The number of H-pyrrole nitrogens is 1. The van der Waals surface area contributed by atoms with Gasteiger partial charge in [-0.2, -0.15) is 0 Å². The van der Waals surface area contributed by atoms with Crippen molar-refractivity contribution < 1.29 is 9.53 Å². The number of aromatic amines is 1. The van der Waals surface area contributed by atoms with E-state index in [1.165, 1.54) is 0 Å². The summed E-state index contributed by atoms with van der Waals surface area (Å²) in [7, 11) is 0. The normalized spacial score (nSPS) is 26.1. The molecule has 6 heteroatoms. The Labute approximate surface area is 175 Å². The van der Waals surface area contributed by atoms with Crippen molar-refractivity contribution in [3.8, 4) is 0 Å². The molecule has 1 aliphatic carbocycles. The number of hydrogen-bond donors (Lipinski definition) is 1. The van der Waals surface area contributed by atoms with Crippen molar-refractivity contribution in [2.24, 2.45) is 0 Å². The molecule has 0 bridgehead atoms. The molecule has 2 aliphatic rings. The highest BCUT2D eigenvalue weighted by atomic mass is 16.6. The molecule has 1 aliphatic heterocycles.